The number of benzene rings is 2. The molecule has 0 spiro atoms. The number of carbonyl (C=O) groups excluding carboxylic acids is 1. The van der Waals surface area contributed by atoms with Crippen LogP contribution in [0.2, 0.25) is 5.02 Å². The van der Waals surface area contributed by atoms with E-state index in [-0.39, 0.29) is 29.9 Å². The van der Waals surface area contributed by atoms with Crippen LogP contribution in [0.1, 0.15) is 18.4 Å². The lowest BCUT2D eigenvalue weighted by molar-refractivity contribution is -0.384. The van der Waals surface area contributed by atoms with Gasteiger partial charge in [0, 0.05) is 29.1 Å². The zero-order chi connectivity index (χ0) is 20.8. The second-order valence-electron chi connectivity index (χ2n) is 6.13. The molecule has 1 heterocycles. The van der Waals surface area contributed by atoms with Crippen molar-refractivity contribution in [2.24, 2.45) is 0 Å². The van der Waals surface area contributed by atoms with Gasteiger partial charge in [-0.2, -0.15) is 0 Å². The van der Waals surface area contributed by atoms with Crippen LogP contribution in [-0.2, 0) is 4.79 Å². The van der Waals surface area contributed by atoms with E-state index in [2.05, 4.69) is 15.5 Å². The number of aryl methyl sites for hydroxylation is 1. The first-order valence-corrected chi connectivity index (χ1v) is 9.07. The normalized spacial score (nSPS) is 10.6. The van der Waals surface area contributed by atoms with E-state index >= 15 is 0 Å². The number of aromatic nitrogens is 2. The van der Waals surface area contributed by atoms with Crippen molar-refractivity contribution in [1.29, 1.82) is 0 Å². The van der Waals surface area contributed by atoms with Gasteiger partial charge in [-0.05, 0) is 43.2 Å². The van der Waals surface area contributed by atoms with Crippen molar-refractivity contribution in [3.63, 3.8) is 0 Å². The number of halogens is 1. The molecule has 0 radical (unpaired) electrons. The number of nitro groups is 1. The summed E-state index contributed by atoms with van der Waals surface area (Å²) in [7, 11) is 0. The SMILES string of the molecule is Cc1cc(Cl)ccc1OCCCC(=O)Nc1nnc(-c2cccc([N+](=O)[O-])c2)o1. The number of anilines is 1. The highest BCUT2D eigenvalue weighted by Crippen LogP contribution is 2.24. The van der Waals surface area contributed by atoms with Crippen molar-refractivity contribution in [3.8, 4) is 17.2 Å². The van der Waals surface area contributed by atoms with Crippen LogP contribution >= 0.6 is 11.6 Å². The molecule has 1 amide bonds. The molecule has 29 heavy (non-hydrogen) atoms. The molecule has 150 valence electrons. The van der Waals surface area contributed by atoms with Gasteiger partial charge in [-0.1, -0.05) is 22.8 Å². The molecule has 0 aliphatic heterocycles. The molecule has 1 aromatic heterocycles. The summed E-state index contributed by atoms with van der Waals surface area (Å²) in [5.41, 5.74) is 1.21. The van der Waals surface area contributed by atoms with E-state index in [0.717, 1.165) is 5.56 Å². The predicted molar refractivity (Wildman–Crippen MR) is 106 cm³/mol. The zero-order valence-corrected chi connectivity index (χ0v) is 16.2. The van der Waals surface area contributed by atoms with E-state index in [1.165, 1.54) is 18.2 Å². The van der Waals surface area contributed by atoms with Gasteiger partial charge in [0.2, 0.25) is 11.8 Å². The fraction of sp³-hybridized carbons (Fsp3) is 0.211. The van der Waals surface area contributed by atoms with E-state index < -0.39 is 4.92 Å². The number of nitrogens with zero attached hydrogens (tertiary/aromatic N) is 3. The lowest BCUT2D eigenvalue weighted by Crippen LogP contribution is -2.13. The summed E-state index contributed by atoms with van der Waals surface area (Å²) < 4.78 is 11.0. The highest BCUT2D eigenvalue weighted by atomic mass is 35.5. The third kappa shape index (κ3) is 5.52. The minimum atomic E-state index is -0.518. The number of carbonyl (C=O) groups is 1. The minimum absolute atomic E-state index is 0.0746. The molecule has 0 aliphatic rings. The first kappa shape index (κ1) is 20.3. The Bertz CT molecular complexity index is 1040. The second kappa shape index (κ2) is 9.16. The Kier molecular flexibility index (Phi) is 6.40. The Labute approximate surface area is 170 Å². The molecule has 0 saturated heterocycles. The Morgan fingerprint density at radius 2 is 2.10 bits per heavy atom. The van der Waals surface area contributed by atoms with Gasteiger partial charge in [-0.15, -0.1) is 5.10 Å². The number of hydrogen-bond acceptors (Lipinski definition) is 7. The minimum Gasteiger partial charge on any atom is -0.493 e. The molecule has 0 bridgehead atoms. The average Bonchev–Trinajstić information content (AvgIpc) is 3.15. The van der Waals surface area contributed by atoms with E-state index in [1.807, 2.05) is 6.92 Å². The summed E-state index contributed by atoms with van der Waals surface area (Å²) in [5.74, 6) is 0.481. The van der Waals surface area contributed by atoms with Crippen LogP contribution in [0.15, 0.2) is 46.9 Å². The smallest absolute Gasteiger partial charge is 0.322 e. The Hall–Kier alpha value is -3.46. The van der Waals surface area contributed by atoms with Crippen molar-refractivity contribution in [1.82, 2.24) is 10.2 Å². The number of amides is 1. The molecule has 3 rings (SSSR count). The number of rotatable bonds is 8. The highest BCUT2D eigenvalue weighted by Gasteiger charge is 2.14. The van der Waals surface area contributed by atoms with Crippen LogP contribution in [0, 0.1) is 17.0 Å². The van der Waals surface area contributed by atoms with Crippen LogP contribution in [0.25, 0.3) is 11.5 Å². The maximum absolute atomic E-state index is 12.0. The van der Waals surface area contributed by atoms with Crippen LogP contribution in [0.5, 0.6) is 5.75 Å². The summed E-state index contributed by atoms with van der Waals surface area (Å²) >= 11 is 5.90. The average molecular weight is 417 g/mol. The highest BCUT2D eigenvalue weighted by molar-refractivity contribution is 6.30. The molecule has 0 saturated carbocycles. The molecule has 3 aromatic rings. The van der Waals surface area contributed by atoms with Crippen molar-refractivity contribution in [2.45, 2.75) is 19.8 Å². The molecule has 9 nitrogen and oxygen atoms in total. The second-order valence-corrected chi connectivity index (χ2v) is 6.57. The van der Waals surface area contributed by atoms with E-state index in [4.69, 9.17) is 20.8 Å². The maximum Gasteiger partial charge on any atom is 0.322 e. The van der Waals surface area contributed by atoms with Crippen molar-refractivity contribution in [3.05, 3.63) is 63.2 Å². The summed E-state index contributed by atoms with van der Waals surface area (Å²) in [6, 6.07) is 11.0. The van der Waals surface area contributed by atoms with Crippen LogP contribution in [0.3, 0.4) is 0 Å². The monoisotopic (exact) mass is 416 g/mol. The van der Waals surface area contributed by atoms with Crippen LogP contribution in [-0.4, -0.2) is 27.6 Å². The topological polar surface area (TPSA) is 120 Å². The number of hydrogen-bond donors (Lipinski definition) is 1. The molecule has 0 atom stereocenters. The molecule has 0 unspecified atom stereocenters. The van der Waals surface area contributed by atoms with Crippen LogP contribution < -0.4 is 10.1 Å². The molecule has 2 aromatic carbocycles. The van der Waals surface area contributed by atoms with E-state index in [9.17, 15) is 14.9 Å². The Balaban J connectivity index is 1.49. The van der Waals surface area contributed by atoms with E-state index in [1.54, 1.807) is 24.3 Å². The Morgan fingerprint density at radius 1 is 1.28 bits per heavy atom. The first-order valence-electron chi connectivity index (χ1n) is 8.69. The Morgan fingerprint density at radius 3 is 2.86 bits per heavy atom. The van der Waals surface area contributed by atoms with E-state index in [0.29, 0.717) is 29.4 Å². The summed E-state index contributed by atoms with van der Waals surface area (Å²) in [6.45, 7) is 2.25. The molecule has 0 fully saturated rings. The fourth-order valence-electron chi connectivity index (χ4n) is 2.51. The lowest BCUT2D eigenvalue weighted by atomic mass is 10.2. The third-order valence-electron chi connectivity index (χ3n) is 3.92. The van der Waals surface area contributed by atoms with Gasteiger partial charge in [0.05, 0.1) is 11.5 Å². The van der Waals surface area contributed by atoms with Gasteiger partial charge in [-0.3, -0.25) is 20.2 Å². The predicted octanol–water partition coefficient (Wildman–Crippen LogP) is 4.40. The summed E-state index contributed by atoms with van der Waals surface area (Å²) in [4.78, 5) is 22.4. The number of nitrogens with one attached hydrogen (secondary N) is 1. The quantitative estimate of drug-likeness (QED) is 0.328. The summed E-state index contributed by atoms with van der Waals surface area (Å²) in [6.07, 6.45) is 0.681. The first-order chi connectivity index (χ1) is 13.9. The van der Waals surface area contributed by atoms with Crippen molar-refractivity contribution < 1.29 is 18.9 Å². The third-order valence-corrected chi connectivity index (χ3v) is 4.15. The van der Waals surface area contributed by atoms with Crippen LogP contribution in [0.4, 0.5) is 11.7 Å². The zero-order valence-electron chi connectivity index (χ0n) is 15.4. The molecular weight excluding hydrogens is 400 g/mol. The largest absolute Gasteiger partial charge is 0.493 e. The molecule has 1 N–H and O–H groups in total. The molecular formula is C19H17ClN4O5. The van der Waals surface area contributed by atoms with Crippen molar-refractivity contribution in [2.75, 3.05) is 11.9 Å². The van der Waals surface area contributed by atoms with Gasteiger partial charge in [-0.25, -0.2) is 0 Å². The summed E-state index contributed by atoms with van der Waals surface area (Å²) in [5, 5.41) is 21.5. The maximum atomic E-state index is 12.0. The standard InChI is InChI=1S/C19H17ClN4O5/c1-12-10-14(20)7-8-16(12)28-9-3-6-17(25)21-19-23-22-18(29-19)13-4-2-5-15(11-13)24(26)27/h2,4-5,7-8,10-11H,3,6,9H2,1H3,(H,21,23,25). The fourth-order valence-corrected chi connectivity index (χ4v) is 2.74. The molecule has 0 aliphatic carbocycles. The van der Waals surface area contributed by atoms with Crippen molar-refractivity contribution >= 4 is 29.2 Å². The van der Waals surface area contributed by atoms with Gasteiger partial charge >= 0.3 is 6.01 Å². The van der Waals surface area contributed by atoms with Gasteiger partial charge in [0.15, 0.2) is 0 Å². The molecule has 10 heteroatoms. The number of non-ortho nitro benzene ring substituents is 1. The van der Waals surface area contributed by atoms with Gasteiger partial charge in [0.1, 0.15) is 5.75 Å². The van der Waals surface area contributed by atoms with Gasteiger partial charge < -0.3 is 9.15 Å². The van der Waals surface area contributed by atoms with Gasteiger partial charge in [0.25, 0.3) is 5.69 Å². The number of ether oxygens (including phenoxy) is 1. The lowest BCUT2D eigenvalue weighted by Gasteiger charge is -2.08. The number of nitro benzene ring substituents is 1.